The molecule has 1 aromatic carbocycles. The Balaban J connectivity index is 1.78. The van der Waals surface area contributed by atoms with E-state index in [4.69, 9.17) is 0 Å². The van der Waals surface area contributed by atoms with Crippen LogP contribution < -0.4 is 5.32 Å². The van der Waals surface area contributed by atoms with Crippen molar-refractivity contribution in [2.24, 2.45) is 0 Å². The SMILES string of the molecule is Fc1cccc2c1CNC(c1ccc(C(F)(F)F)nc1)c1cccn1-2. The Morgan fingerprint density at radius 2 is 1.92 bits per heavy atom. The van der Waals surface area contributed by atoms with E-state index < -0.39 is 17.9 Å². The van der Waals surface area contributed by atoms with Gasteiger partial charge in [-0.2, -0.15) is 13.2 Å². The average Bonchev–Trinajstić information content (AvgIpc) is 2.99. The van der Waals surface area contributed by atoms with Crippen LogP contribution in [0.25, 0.3) is 5.69 Å². The van der Waals surface area contributed by atoms with Gasteiger partial charge >= 0.3 is 6.18 Å². The molecule has 128 valence electrons. The number of fused-ring (bicyclic) bond motifs is 3. The second-order valence-corrected chi connectivity index (χ2v) is 5.83. The highest BCUT2D eigenvalue weighted by Gasteiger charge is 2.33. The van der Waals surface area contributed by atoms with Gasteiger partial charge in [0.15, 0.2) is 0 Å². The van der Waals surface area contributed by atoms with Crippen LogP contribution in [0.5, 0.6) is 0 Å². The monoisotopic (exact) mass is 347 g/mol. The summed E-state index contributed by atoms with van der Waals surface area (Å²) in [6, 6.07) is 10.5. The Morgan fingerprint density at radius 1 is 1.08 bits per heavy atom. The largest absolute Gasteiger partial charge is 0.433 e. The predicted molar refractivity (Wildman–Crippen MR) is 83.6 cm³/mol. The van der Waals surface area contributed by atoms with Crippen LogP contribution in [0.3, 0.4) is 0 Å². The lowest BCUT2D eigenvalue weighted by molar-refractivity contribution is -0.141. The van der Waals surface area contributed by atoms with E-state index in [9.17, 15) is 17.6 Å². The molecule has 0 fully saturated rings. The molecule has 4 rings (SSSR count). The summed E-state index contributed by atoms with van der Waals surface area (Å²) in [7, 11) is 0. The topological polar surface area (TPSA) is 29.9 Å². The molecule has 2 aromatic heterocycles. The van der Waals surface area contributed by atoms with Crippen molar-refractivity contribution in [3.63, 3.8) is 0 Å². The van der Waals surface area contributed by atoms with Crippen LogP contribution in [0.4, 0.5) is 17.6 Å². The zero-order valence-electron chi connectivity index (χ0n) is 12.9. The van der Waals surface area contributed by atoms with Crippen molar-refractivity contribution in [1.82, 2.24) is 14.9 Å². The number of hydrogen-bond acceptors (Lipinski definition) is 2. The van der Waals surface area contributed by atoms with Crippen LogP contribution in [-0.4, -0.2) is 9.55 Å². The summed E-state index contributed by atoms with van der Waals surface area (Å²) in [5, 5.41) is 3.21. The smallest absolute Gasteiger partial charge is 0.319 e. The first-order valence-corrected chi connectivity index (χ1v) is 7.66. The maximum absolute atomic E-state index is 14.2. The van der Waals surface area contributed by atoms with Gasteiger partial charge in [-0.1, -0.05) is 12.1 Å². The summed E-state index contributed by atoms with van der Waals surface area (Å²) in [5.74, 6) is -0.323. The number of nitrogens with zero attached hydrogens (tertiary/aromatic N) is 2. The summed E-state index contributed by atoms with van der Waals surface area (Å²) >= 11 is 0. The fraction of sp³-hybridized carbons (Fsp3) is 0.167. The molecule has 3 nitrogen and oxygen atoms in total. The second kappa shape index (κ2) is 5.70. The van der Waals surface area contributed by atoms with Gasteiger partial charge in [-0.15, -0.1) is 0 Å². The summed E-state index contributed by atoms with van der Waals surface area (Å²) in [6.45, 7) is 0.259. The normalized spacial score (nSPS) is 16.9. The molecule has 1 aliphatic heterocycles. The first kappa shape index (κ1) is 15.8. The first-order chi connectivity index (χ1) is 11.9. The Hall–Kier alpha value is -2.67. The number of halogens is 4. The molecule has 1 aliphatic rings. The number of pyridine rings is 1. The maximum Gasteiger partial charge on any atom is 0.433 e. The van der Waals surface area contributed by atoms with Crippen LogP contribution in [-0.2, 0) is 12.7 Å². The molecule has 0 saturated carbocycles. The van der Waals surface area contributed by atoms with Crippen molar-refractivity contribution in [2.45, 2.75) is 18.8 Å². The van der Waals surface area contributed by atoms with E-state index in [1.807, 2.05) is 29.0 Å². The van der Waals surface area contributed by atoms with E-state index in [2.05, 4.69) is 10.3 Å². The van der Waals surface area contributed by atoms with Gasteiger partial charge in [-0.25, -0.2) is 4.39 Å². The average molecular weight is 347 g/mol. The molecule has 0 aliphatic carbocycles. The fourth-order valence-electron chi connectivity index (χ4n) is 3.14. The van der Waals surface area contributed by atoms with Crippen molar-refractivity contribution in [3.8, 4) is 5.69 Å². The van der Waals surface area contributed by atoms with Crippen molar-refractivity contribution in [2.75, 3.05) is 0 Å². The number of hydrogen-bond donors (Lipinski definition) is 1. The number of benzene rings is 1. The minimum Gasteiger partial charge on any atom is -0.319 e. The molecule has 7 heteroatoms. The molecule has 0 amide bonds. The molecular weight excluding hydrogens is 334 g/mol. The highest BCUT2D eigenvalue weighted by atomic mass is 19.4. The minimum absolute atomic E-state index is 0.259. The van der Waals surface area contributed by atoms with Crippen LogP contribution in [0, 0.1) is 5.82 Å². The Bertz CT molecular complexity index is 913. The number of alkyl halides is 3. The molecule has 0 spiro atoms. The lowest BCUT2D eigenvalue weighted by Crippen LogP contribution is -2.22. The van der Waals surface area contributed by atoms with Crippen LogP contribution in [0.15, 0.2) is 54.9 Å². The highest BCUT2D eigenvalue weighted by molar-refractivity contribution is 5.47. The Kier molecular flexibility index (Phi) is 3.61. The molecule has 3 aromatic rings. The zero-order chi connectivity index (χ0) is 17.6. The van der Waals surface area contributed by atoms with Gasteiger partial charge in [-0.3, -0.25) is 4.98 Å². The third kappa shape index (κ3) is 2.70. The van der Waals surface area contributed by atoms with E-state index in [0.29, 0.717) is 11.1 Å². The number of aromatic nitrogens is 2. The molecule has 0 bridgehead atoms. The summed E-state index contributed by atoms with van der Waals surface area (Å²) in [5.41, 5.74) is 1.69. The van der Waals surface area contributed by atoms with Crippen LogP contribution in [0.1, 0.15) is 28.6 Å². The Morgan fingerprint density at radius 3 is 2.64 bits per heavy atom. The third-order valence-electron chi connectivity index (χ3n) is 4.32. The standard InChI is InChI=1S/C18H13F4N3/c19-13-3-1-4-14-12(13)10-24-17(15-5-2-8-25(14)15)11-6-7-16(23-9-11)18(20,21)22/h1-9,17,24H,10H2. The van der Waals surface area contributed by atoms with Gasteiger partial charge in [-0.05, 0) is 35.9 Å². The molecule has 0 saturated heterocycles. The molecule has 25 heavy (non-hydrogen) atoms. The summed E-state index contributed by atoms with van der Waals surface area (Å²) < 4.78 is 54.2. The predicted octanol–water partition coefficient (Wildman–Crippen LogP) is 4.22. The van der Waals surface area contributed by atoms with Crippen LogP contribution >= 0.6 is 0 Å². The van der Waals surface area contributed by atoms with Gasteiger partial charge in [0.25, 0.3) is 0 Å². The number of nitrogens with one attached hydrogen (secondary N) is 1. The Labute approximate surface area is 140 Å². The lowest BCUT2D eigenvalue weighted by atomic mass is 10.1. The maximum atomic E-state index is 14.2. The quantitative estimate of drug-likeness (QED) is 0.668. The van der Waals surface area contributed by atoms with Gasteiger partial charge in [0.2, 0.25) is 0 Å². The molecule has 0 radical (unpaired) electrons. The molecule has 1 atom stereocenters. The third-order valence-corrected chi connectivity index (χ3v) is 4.32. The van der Waals surface area contributed by atoms with Crippen molar-refractivity contribution < 1.29 is 17.6 Å². The van der Waals surface area contributed by atoms with E-state index >= 15 is 0 Å². The molecule has 1 unspecified atom stereocenters. The second-order valence-electron chi connectivity index (χ2n) is 5.83. The summed E-state index contributed by atoms with van der Waals surface area (Å²) in [4.78, 5) is 3.53. The molecule has 3 heterocycles. The van der Waals surface area contributed by atoms with Gasteiger partial charge < -0.3 is 9.88 Å². The van der Waals surface area contributed by atoms with Gasteiger partial charge in [0.1, 0.15) is 11.5 Å². The van der Waals surface area contributed by atoms with E-state index in [0.717, 1.165) is 17.4 Å². The van der Waals surface area contributed by atoms with Crippen molar-refractivity contribution >= 4 is 0 Å². The van der Waals surface area contributed by atoms with E-state index in [1.54, 1.807) is 6.07 Å². The number of rotatable bonds is 1. The van der Waals surface area contributed by atoms with E-state index in [-0.39, 0.29) is 12.4 Å². The van der Waals surface area contributed by atoms with E-state index in [1.165, 1.54) is 18.3 Å². The van der Waals surface area contributed by atoms with Crippen LogP contribution in [0.2, 0.25) is 0 Å². The van der Waals surface area contributed by atoms with Crippen molar-refractivity contribution in [3.05, 3.63) is 83.2 Å². The fourth-order valence-corrected chi connectivity index (χ4v) is 3.14. The molecular formula is C18H13F4N3. The minimum atomic E-state index is -4.48. The summed E-state index contributed by atoms with van der Waals surface area (Å²) in [6.07, 6.45) is -1.45. The lowest BCUT2D eigenvalue weighted by Gasteiger charge is -2.18. The highest BCUT2D eigenvalue weighted by Crippen LogP contribution is 2.33. The zero-order valence-corrected chi connectivity index (χ0v) is 12.9. The van der Waals surface area contributed by atoms with Crippen molar-refractivity contribution in [1.29, 1.82) is 0 Å². The van der Waals surface area contributed by atoms with Gasteiger partial charge in [0, 0.05) is 30.2 Å². The van der Waals surface area contributed by atoms with Gasteiger partial charge in [0.05, 0.1) is 11.7 Å². The molecule has 1 N–H and O–H groups in total. The first-order valence-electron chi connectivity index (χ1n) is 7.66.